The minimum absolute atomic E-state index is 0.751. The van der Waals surface area contributed by atoms with Gasteiger partial charge in [0.1, 0.15) is 0 Å². The Balaban J connectivity index is 1.73. The lowest BCUT2D eigenvalue weighted by Crippen LogP contribution is -2.15. The van der Waals surface area contributed by atoms with Crippen molar-refractivity contribution >= 4 is 11.8 Å². The molecule has 1 fully saturated rings. The lowest BCUT2D eigenvalue weighted by Gasteiger charge is -2.08. The third-order valence-corrected chi connectivity index (χ3v) is 4.10. The maximum Gasteiger partial charge on any atom is 0.0629 e. The summed E-state index contributed by atoms with van der Waals surface area (Å²) < 4.78 is 1.84. The van der Waals surface area contributed by atoms with E-state index in [2.05, 4.69) is 40.9 Å². The Bertz CT molecular complexity index is 531. The van der Waals surface area contributed by atoms with Crippen LogP contribution in [0, 0.1) is 0 Å². The van der Waals surface area contributed by atoms with Gasteiger partial charge in [-0.3, -0.25) is 4.68 Å². The van der Waals surface area contributed by atoms with Crippen molar-refractivity contribution in [3.63, 3.8) is 0 Å². The highest BCUT2D eigenvalue weighted by Gasteiger charge is 2.20. The van der Waals surface area contributed by atoms with Gasteiger partial charge in [0, 0.05) is 30.7 Å². The molecule has 1 aliphatic rings. The summed E-state index contributed by atoms with van der Waals surface area (Å²) in [6, 6.07) is 9.34. The highest BCUT2D eigenvalue weighted by molar-refractivity contribution is 7.99. The minimum atomic E-state index is 0.751. The number of hydrogen-bond donors (Lipinski definition) is 1. The summed E-state index contributed by atoms with van der Waals surface area (Å²) in [5.74, 6) is 0. The maximum absolute atomic E-state index is 4.21. The van der Waals surface area contributed by atoms with Gasteiger partial charge in [0.25, 0.3) is 0 Å². The number of rotatable bonds is 5. The number of nitrogens with one attached hydrogen (secondary N) is 1. The van der Waals surface area contributed by atoms with Gasteiger partial charge in [-0.1, -0.05) is 30.0 Å². The molecule has 2 aromatic rings. The van der Waals surface area contributed by atoms with E-state index in [9.17, 15) is 0 Å². The van der Waals surface area contributed by atoms with E-state index in [4.69, 9.17) is 0 Å². The van der Waals surface area contributed by atoms with Crippen LogP contribution in [0.3, 0.4) is 0 Å². The van der Waals surface area contributed by atoms with Crippen LogP contribution in [0.1, 0.15) is 18.4 Å². The number of aryl methyl sites for hydroxylation is 1. The van der Waals surface area contributed by atoms with Crippen LogP contribution in [0.5, 0.6) is 0 Å². The van der Waals surface area contributed by atoms with Gasteiger partial charge in [0.2, 0.25) is 0 Å². The molecule has 18 heavy (non-hydrogen) atoms. The van der Waals surface area contributed by atoms with E-state index in [0.717, 1.165) is 12.6 Å². The Morgan fingerprint density at radius 1 is 1.39 bits per heavy atom. The standard InChI is InChI=1S/C14H17N3S/c1-17-10-13(9-16-17)18-14-5-3-2-4-11(14)8-15-12-6-7-12/h2-5,9-10,12,15H,6-8H2,1H3. The highest BCUT2D eigenvalue weighted by Crippen LogP contribution is 2.30. The Morgan fingerprint density at radius 2 is 2.22 bits per heavy atom. The first kappa shape index (κ1) is 11.8. The number of aromatic nitrogens is 2. The number of hydrogen-bond acceptors (Lipinski definition) is 3. The molecule has 94 valence electrons. The molecule has 0 bridgehead atoms. The third kappa shape index (κ3) is 2.94. The zero-order valence-electron chi connectivity index (χ0n) is 10.5. The van der Waals surface area contributed by atoms with Crippen molar-refractivity contribution in [2.45, 2.75) is 35.2 Å². The van der Waals surface area contributed by atoms with Gasteiger partial charge in [-0.15, -0.1) is 0 Å². The molecule has 1 saturated carbocycles. The Morgan fingerprint density at radius 3 is 2.94 bits per heavy atom. The van der Waals surface area contributed by atoms with Crippen LogP contribution in [0.4, 0.5) is 0 Å². The van der Waals surface area contributed by atoms with Gasteiger partial charge in [-0.2, -0.15) is 5.10 Å². The van der Waals surface area contributed by atoms with E-state index in [1.807, 2.05) is 17.9 Å². The average Bonchev–Trinajstić information content (AvgIpc) is 3.12. The molecule has 4 heteroatoms. The van der Waals surface area contributed by atoms with Crippen molar-refractivity contribution in [2.75, 3.05) is 0 Å². The SMILES string of the molecule is Cn1cc(Sc2ccccc2CNC2CC2)cn1. The van der Waals surface area contributed by atoms with Gasteiger partial charge in [-0.25, -0.2) is 0 Å². The first-order chi connectivity index (χ1) is 8.81. The van der Waals surface area contributed by atoms with Gasteiger partial charge in [0.15, 0.2) is 0 Å². The van der Waals surface area contributed by atoms with Crippen molar-refractivity contribution in [1.82, 2.24) is 15.1 Å². The van der Waals surface area contributed by atoms with Gasteiger partial charge in [-0.05, 0) is 24.5 Å². The van der Waals surface area contributed by atoms with Crippen LogP contribution in [-0.4, -0.2) is 15.8 Å². The van der Waals surface area contributed by atoms with Gasteiger partial charge in [0.05, 0.1) is 11.1 Å². The van der Waals surface area contributed by atoms with E-state index < -0.39 is 0 Å². The molecule has 3 rings (SSSR count). The van der Waals surface area contributed by atoms with Crippen molar-refractivity contribution in [1.29, 1.82) is 0 Å². The molecule has 1 aromatic heterocycles. The van der Waals surface area contributed by atoms with E-state index in [1.54, 1.807) is 11.8 Å². The zero-order valence-corrected chi connectivity index (χ0v) is 11.3. The van der Waals surface area contributed by atoms with Crippen LogP contribution in [0.25, 0.3) is 0 Å². The molecule has 0 amide bonds. The van der Waals surface area contributed by atoms with E-state index >= 15 is 0 Å². The molecule has 0 radical (unpaired) electrons. The molecule has 0 atom stereocenters. The lowest BCUT2D eigenvalue weighted by atomic mass is 10.2. The van der Waals surface area contributed by atoms with E-state index in [1.165, 1.54) is 28.2 Å². The number of nitrogens with zero attached hydrogens (tertiary/aromatic N) is 2. The Hall–Kier alpha value is -1.26. The molecule has 0 spiro atoms. The smallest absolute Gasteiger partial charge is 0.0629 e. The summed E-state index contributed by atoms with van der Waals surface area (Å²) in [5, 5.41) is 7.78. The van der Waals surface area contributed by atoms with E-state index in [0.29, 0.717) is 0 Å². The molecule has 1 aliphatic carbocycles. The summed E-state index contributed by atoms with van der Waals surface area (Å²) in [6.07, 6.45) is 6.63. The van der Waals surface area contributed by atoms with E-state index in [-0.39, 0.29) is 0 Å². The van der Waals surface area contributed by atoms with Crippen LogP contribution in [0.15, 0.2) is 46.5 Å². The lowest BCUT2D eigenvalue weighted by molar-refractivity contribution is 0.680. The first-order valence-electron chi connectivity index (χ1n) is 6.29. The van der Waals surface area contributed by atoms with Crippen LogP contribution in [-0.2, 0) is 13.6 Å². The second-order valence-electron chi connectivity index (χ2n) is 4.71. The maximum atomic E-state index is 4.21. The predicted octanol–water partition coefficient (Wildman–Crippen LogP) is 2.82. The molecule has 0 saturated heterocycles. The second kappa shape index (κ2) is 5.16. The fraction of sp³-hybridized carbons (Fsp3) is 0.357. The average molecular weight is 259 g/mol. The minimum Gasteiger partial charge on any atom is -0.310 e. The quantitative estimate of drug-likeness (QED) is 0.895. The second-order valence-corrected chi connectivity index (χ2v) is 5.83. The van der Waals surface area contributed by atoms with Crippen LogP contribution < -0.4 is 5.32 Å². The topological polar surface area (TPSA) is 29.9 Å². The fourth-order valence-electron chi connectivity index (χ4n) is 1.87. The van der Waals surface area contributed by atoms with Gasteiger partial charge >= 0.3 is 0 Å². The normalized spacial score (nSPS) is 14.9. The largest absolute Gasteiger partial charge is 0.310 e. The van der Waals surface area contributed by atoms with Crippen LogP contribution >= 0.6 is 11.8 Å². The Kier molecular flexibility index (Phi) is 3.39. The molecule has 1 heterocycles. The highest BCUT2D eigenvalue weighted by atomic mass is 32.2. The summed E-state index contributed by atoms with van der Waals surface area (Å²) in [5.41, 5.74) is 1.37. The molecular weight excluding hydrogens is 242 g/mol. The number of benzene rings is 1. The van der Waals surface area contributed by atoms with Gasteiger partial charge < -0.3 is 5.32 Å². The fourth-order valence-corrected chi connectivity index (χ4v) is 2.85. The molecular formula is C14H17N3S. The summed E-state index contributed by atoms with van der Waals surface area (Å²) in [4.78, 5) is 2.51. The third-order valence-electron chi connectivity index (χ3n) is 3.04. The van der Waals surface area contributed by atoms with Crippen molar-refractivity contribution in [3.8, 4) is 0 Å². The first-order valence-corrected chi connectivity index (χ1v) is 7.11. The van der Waals surface area contributed by atoms with Crippen molar-refractivity contribution in [3.05, 3.63) is 42.2 Å². The van der Waals surface area contributed by atoms with Crippen molar-refractivity contribution in [2.24, 2.45) is 7.05 Å². The Labute approximate surface area is 112 Å². The molecule has 3 nitrogen and oxygen atoms in total. The predicted molar refractivity (Wildman–Crippen MR) is 73.6 cm³/mol. The monoisotopic (exact) mass is 259 g/mol. The zero-order chi connectivity index (χ0) is 12.4. The van der Waals surface area contributed by atoms with Crippen LogP contribution in [0.2, 0.25) is 0 Å². The molecule has 0 aliphatic heterocycles. The molecule has 0 unspecified atom stereocenters. The molecule has 1 N–H and O–H groups in total. The molecule has 1 aromatic carbocycles. The van der Waals surface area contributed by atoms with Crippen molar-refractivity contribution < 1.29 is 0 Å². The summed E-state index contributed by atoms with van der Waals surface area (Å²) in [7, 11) is 1.95. The summed E-state index contributed by atoms with van der Waals surface area (Å²) >= 11 is 1.78. The summed E-state index contributed by atoms with van der Waals surface area (Å²) in [6.45, 7) is 0.966.